The Labute approximate surface area is 372 Å². The topological polar surface area (TPSA) is 128 Å². The third-order valence-corrected chi connectivity index (χ3v) is 11.6. The molecule has 12 heteroatoms. The van der Waals surface area contributed by atoms with E-state index >= 15 is 0 Å². The number of hydrogen-bond donors (Lipinski definition) is 1. The zero-order valence-corrected chi connectivity index (χ0v) is 41.8. The van der Waals surface area contributed by atoms with E-state index < -0.39 is 0 Å². The lowest BCUT2D eigenvalue weighted by Gasteiger charge is -2.36. The van der Waals surface area contributed by atoms with Gasteiger partial charge in [-0.15, -0.1) is 0 Å². The first kappa shape index (κ1) is 55.9. The van der Waals surface area contributed by atoms with Crippen LogP contribution >= 0.6 is 0 Å². The Kier molecular flexibility index (Phi) is 24.9. The number of piperidine rings is 1. The van der Waals surface area contributed by atoms with Gasteiger partial charge in [-0.25, -0.2) is 4.98 Å². The van der Waals surface area contributed by atoms with Gasteiger partial charge in [-0.05, 0) is 32.2 Å². The zero-order chi connectivity index (χ0) is 46.6. The van der Waals surface area contributed by atoms with E-state index in [2.05, 4.69) is 22.2 Å². The summed E-state index contributed by atoms with van der Waals surface area (Å²) >= 11 is 0. The van der Waals surface area contributed by atoms with Crippen LogP contribution in [0.3, 0.4) is 0 Å². The van der Waals surface area contributed by atoms with Gasteiger partial charge in [0, 0.05) is 132 Å². The molecule has 1 aromatic rings. The van der Waals surface area contributed by atoms with Crippen molar-refractivity contribution in [2.45, 2.75) is 154 Å². The van der Waals surface area contributed by atoms with Crippen molar-refractivity contribution in [3.05, 3.63) is 18.2 Å². The molecule has 0 atom stereocenters. The zero-order valence-electron chi connectivity index (χ0n) is 41.8. The fraction of sp³-hybridized carbons (Fsp3) is 0.837. The highest BCUT2D eigenvalue weighted by Gasteiger charge is 2.29. The quantitative estimate of drug-likeness (QED) is 0.296. The van der Waals surface area contributed by atoms with Crippen molar-refractivity contribution in [2.75, 3.05) is 72.5 Å². The molecule has 4 fully saturated rings. The van der Waals surface area contributed by atoms with Crippen LogP contribution in [0.15, 0.2) is 12.4 Å². The monoisotopic (exact) mass is 858 g/mol. The van der Waals surface area contributed by atoms with Crippen LogP contribution in [0.25, 0.3) is 0 Å². The van der Waals surface area contributed by atoms with Gasteiger partial charge in [-0.2, -0.15) is 0 Å². The van der Waals surface area contributed by atoms with Crippen LogP contribution in [0.1, 0.15) is 154 Å². The molecule has 352 valence electrons. The Bertz CT molecular complexity index is 1410. The lowest BCUT2D eigenvalue weighted by molar-refractivity contribution is -0.141. The van der Waals surface area contributed by atoms with Gasteiger partial charge in [0.15, 0.2) is 0 Å². The van der Waals surface area contributed by atoms with Crippen molar-refractivity contribution in [1.29, 1.82) is 0 Å². The van der Waals surface area contributed by atoms with Gasteiger partial charge in [-0.3, -0.25) is 24.0 Å². The maximum atomic E-state index is 11.8. The molecule has 0 spiro atoms. The fourth-order valence-corrected chi connectivity index (χ4v) is 7.23. The number of Topliss-reactive ketones (excluding diaryl/α,β-unsaturated/α-hetero) is 2. The molecule has 1 saturated carbocycles. The predicted octanol–water partition coefficient (Wildman–Crippen LogP) is 7.69. The van der Waals surface area contributed by atoms with Crippen molar-refractivity contribution in [1.82, 2.24) is 34.5 Å². The number of rotatable bonds is 7. The van der Waals surface area contributed by atoms with E-state index in [9.17, 15) is 24.0 Å². The molecule has 0 unspecified atom stereocenters. The van der Waals surface area contributed by atoms with E-state index in [1.54, 1.807) is 6.20 Å². The smallest absolute Gasteiger partial charge is 0.228 e. The minimum atomic E-state index is -0.231. The maximum absolute atomic E-state index is 11.8. The van der Waals surface area contributed by atoms with E-state index in [-0.39, 0.29) is 39.9 Å². The first-order valence-corrected chi connectivity index (χ1v) is 23.5. The van der Waals surface area contributed by atoms with Crippen LogP contribution in [-0.2, 0) is 37.4 Å². The summed E-state index contributed by atoms with van der Waals surface area (Å²) < 4.78 is 1.95. The largest absolute Gasteiger partial charge is 0.342 e. The molecule has 1 aliphatic carbocycles. The Morgan fingerprint density at radius 2 is 1.10 bits per heavy atom. The molecule has 0 radical (unpaired) electrons. The van der Waals surface area contributed by atoms with Gasteiger partial charge in [0.2, 0.25) is 17.7 Å². The average Bonchev–Trinajstić information content (AvgIpc) is 3.88. The number of likely N-dealkylation sites (N-methyl/N-ethyl adjacent to an activating group) is 1. The first-order valence-electron chi connectivity index (χ1n) is 23.5. The molecule has 3 saturated heterocycles. The summed E-state index contributed by atoms with van der Waals surface area (Å²) in [7, 11) is 4.04. The van der Waals surface area contributed by atoms with Gasteiger partial charge in [0.1, 0.15) is 17.4 Å². The van der Waals surface area contributed by atoms with Crippen LogP contribution in [0.5, 0.6) is 0 Å². The summed E-state index contributed by atoms with van der Waals surface area (Å²) in [5.41, 5.74) is -0.580. The normalized spacial score (nSPS) is 17.8. The van der Waals surface area contributed by atoms with Crippen LogP contribution in [0.2, 0.25) is 0 Å². The predicted molar refractivity (Wildman–Crippen MR) is 250 cm³/mol. The van der Waals surface area contributed by atoms with Crippen molar-refractivity contribution < 1.29 is 24.0 Å². The highest BCUT2D eigenvalue weighted by atomic mass is 16.2. The molecular formula is C49H91N7O5. The molecule has 4 aliphatic rings. The third-order valence-electron chi connectivity index (χ3n) is 11.6. The number of carbonyl (C=O) groups is 5. The molecule has 1 N–H and O–H groups in total. The summed E-state index contributed by atoms with van der Waals surface area (Å²) in [5, 5.41) is 3.21. The number of amides is 3. The highest BCUT2D eigenvalue weighted by molar-refractivity contribution is 5.84. The molecule has 0 bridgehead atoms. The van der Waals surface area contributed by atoms with Crippen LogP contribution in [0.4, 0.5) is 0 Å². The highest BCUT2D eigenvalue weighted by Crippen LogP contribution is 2.31. The summed E-state index contributed by atoms with van der Waals surface area (Å²) in [5.74, 6) is 3.62. The van der Waals surface area contributed by atoms with Gasteiger partial charge in [0.05, 0.1) is 0 Å². The Balaban J connectivity index is 0.000000382. The van der Waals surface area contributed by atoms with Crippen LogP contribution < -0.4 is 5.32 Å². The lowest BCUT2D eigenvalue weighted by Crippen LogP contribution is -2.50. The standard InChI is InChI=1S/C11H18N2O.C11H20O.C10H20N2O.C9H17NO.C8H16N2O/c1-11(2,3)9(14)5-6-10-12-7-8-13(10)4;1-11(2,3)10(12)8-9-6-4-5-7-9;1-10(2,3)9(13)12-7-5-11(4)6-8-12;1-8(2)9(11)10-6-4-3-5-7-10;1-7(2)8(11)10-5-3-9-4-6-10/h7-8H,5-6H2,1-4H3;9H,4-8H2,1-3H3;5-8H2,1-4H3;8H,3-7H2,1-2H3;7,9H,3-6H2,1-2H3. The molecular weight excluding hydrogens is 767 g/mol. The molecule has 5 rings (SSSR count). The number of aryl methyl sites for hydroxylation is 2. The first-order chi connectivity index (χ1) is 28.2. The number of carbonyl (C=O) groups excluding carboxylic acids is 5. The molecule has 0 aromatic carbocycles. The molecule has 3 aliphatic heterocycles. The number of nitrogens with one attached hydrogen (secondary N) is 1. The summed E-state index contributed by atoms with van der Waals surface area (Å²) in [6, 6.07) is 0. The van der Waals surface area contributed by atoms with E-state index in [1.165, 1.54) is 44.9 Å². The van der Waals surface area contributed by atoms with Crippen LogP contribution in [-0.4, -0.2) is 131 Å². The minimum absolute atomic E-state index is 0.122. The number of aromatic nitrogens is 2. The molecule has 3 amide bonds. The minimum Gasteiger partial charge on any atom is -0.342 e. The number of likely N-dealkylation sites (tertiary alicyclic amines) is 1. The Morgan fingerprint density at radius 3 is 1.51 bits per heavy atom. The molecule has 12 nitrogen and oxygen atoms in total. The SMILES string of the molecule is CC(C)(C)C(=O)CC1CCCC1.CC(C)C(=O)N1CCCCC1.CC(C)C(=O)N1CCNCC1.CN1CCN(C(=O)C(C)(C)C)CC1.Cn1ccnc1CCC(=O)C(C)(C)C. The number of piperazine rings is 2. The summed E-state index contributed by atoms with van der Waals surface area (Å²) in [4.78, 5) is 70.2. The second kappa shape index (κ2) is 27.2. The molecule has 61 heavy (non-hydrogen) atoms. The van der Waals surface area contributed by atoms with Gasteiger partial charge in [0.25, 0.3) is 0 Å². The number of nitrogens with zero attached hydrogens (tertiary/aromatic N) is 6. The van der Waals surface area contributed by atoms with E-state index in [0.29, 0.717) is 29.8 Å². The van der Waals surface area contributed by atoms with Gasteiger partial charge < -0.3 is 29.5 Å². The average molecular weight is 858 g/mol. The van der Waals surface area contributed by atoms with Gasteiger partial charge in [-0.1, -0.05) is 116 Å². The van der Waals surface area contributed by atoms with Crippen molar-refractivity contribution in [3.8, 4) is 0 Å². The Hall–Kier alpha value is -3.12. The third kappa shape index (κ3) is 22.7. The summed E-state index contributed by atoms with van der Waals surface area (Å²) in [6.45, 7) is 35.0. The second-order valence-electron chi connectivity index (χ2n) is 21.3. The number of imidazole rings is 1. The Morgan fingerprint density at radius 1 is 0.623 bits per heavy atom. The van der Waals surface area contributed by atoms with Crippen molar-refractivity contribution in [2.24, 2.45) is 41.0 Å². The maximum Gasteiger partial charge on any atom is 0.228 e. The van der Waals surface area contributed by atoms with E-state index in [1.807, 2.05) is 123 Å². The van der Waals surface area contributed by atoms with Crippen molar-refractivity contribution in [3.63, 3.8) is 0 Å². The van der Waals surface area contributed by atoms with Crippen molar-refractivity contribution >= 4 is 29.3 Å². The van der Waals surface area contributed by atoms with Gasteiger partial charge >= 0.3 is 0 Å². The second-order valence-corrected chi connectivity index (χ2v) is 21.3. The summed E-state index contributed by atoms with van der Waals surface area (Å²) in [6.07, 6.45) is 14.7. The molecule has 1 aromatic heterocycles. The molecule has 4 heterocycles. The number of hydrogen-bond acceptors (Lipinski definition) is 8. The number of ketones is 2. The van der Waals surface area contributed by atoms with E-state index in [4.69, 9.17) is 0 Å². The van der Waals surface area contributed by atoms with Crippen LogP contribution in [0, 0.1) is 34.0 Å². The lowest BCUT2D eigenvalue weighted by atomic mass is 9.85. The van der Waals surface area contributed by atoms with E-state index in [0.717, 1.165) is 84.1 Å². The fourth-order valence-electron chi connectivity index (χ4n) is 7.23.